The summed E-state index contributed by atoms with van der Waals surface area (Å²) in [5, 5.41) is 21.7. The molecule has 0 saturated heterocycles. The molecule has 0 amide bonds. The second kappa shape index (κ2) is 7.98. The molecule has 160 valence electrons. The van der Waals surface area contributed by atoms with Gasteiger partial charge in [-0.2, -0.15) is 0 Å². The van der Waals surface area contributed by atoms with Crippen LogP contribution in [0, 0.1) is 0 Å². The summed E-state index contributed by atoms with van der Waals surface area (Å²) < 4.78 is 49.6. The number of nitrogens with zero attached hydrogens (tertiary/aromatic N) is 4. The van der Waals surface area contributed by atoms with Crippen molar-refractivity contribution in [1.82, 2.24) is 19.6 Å². The Hall–Kier alpha value is -3.08. The van der Waals surface area contributed by atoms with E-state index in [0.29, 0.717) is 17.9 Å². The van der Waals surface area contributed by atoms with Crippen molar-refractivity contribution in [2.75, 3.05) is 12.4 Å². The van der Waals surface area contributed by atoms with E-state index in [0.717, 1.165) is 25.3 Å². The molecule has 2 heterocycles. The number of hydrogen-bond acceptors (Lipinski definition) is 7. The smallest absolute Gasteiger partial charge is 0.497 e. The van der Waals surface area contributed by atoms with Gasteiger partial charge in [0.05, 0.1) is 31.0 Å². The quantitative estimate of drug-likeness (QED) is 0.650. The molecule has 4 rings (SSSR count). The van der Waals surface area contributed by atoms with Crippen LogP contribution in [0.1, 0.15) is 25.7 Å². The minimum absolute atomic E-state index is 0.0929. The van der Waals surface area contributed by atoms with Crippen molar-refractivity contribution >= 4 is 11.5 Å². The molecule has 11 heteroatoms. The standard InChI is InChI=1S/C19H20F3N5O3/c1-29-11-6-7-12(16(8-11)30-19(20,21)22)17-14-9-23-10-27(14)18(26-25-17)24-13-4-2-3-5-15(13)28/h6-10,13,15,28H,2-5H2,1H3,(H,24,26)/t13-,15-/m1/s1. The first-order valence-electron chi connectivity index (χ1n) is 9.43. The molecule has 0 radical (unpaired) electrons. The summed E-state index contributed by atoms with van der Waals surface area (Å²) in [4.78, 5) is 4.09. The molecule has 2 aromatic heterocycles. The van der Waals surface area contributed by atoms with E-state index in [1.165, 1.54) is 31.8 Å². The lowest BCUT2D eigenvalue weighted by atomic mass is 9.93. The van der Waals surface area contributed by atoms with E-state index in [-0.39, 0.29) is 23.0 Å². The Balaban J connectivity index is 1.75. The first kappa shape index (κ1) is 20.2. The predicted molar refractivity (Wildman–Crippen MR) is 101 cm³/mol. The van der Waals surface area contributed by atoms with Gasteiger partial charge in [-0.05, 0) is 25.0 Å². The van der Waals surface area contributed by atoms with Crippen LogP contribution in [0.3, 0.4) is 0 Å². The minimum atomic E-state index is -4.89. The summed E-state index contributed by atoms with van der Waals surface area (Å²) in [6, 6.07) is 3.89. The van der Waals surface area contributed by atoms with Crippen LogP contribution in [0.5, 0.6) is 11.5 Å². The van der Waals surface area contributed by atoms with Gasteiger partial charge >= 0.3 is 6.36 Å². The van der Waals surface area contributed by atoms with Crippen LogP contribution in [-0.4, -0.2) is 50.3 Å². The Morgan fingerprint density at radius 1 is 1.20 bits per heavy atom. The fraction of sp³-hybridized carbons (Fsp3) is 0.421. The van der Waals surface area contributed by atoms with Gasteiger partial charge in [0.15, 0.2) is 0 Å². The monoisotopic (exact) mass is 423 g/mol. The third-order valence-electron chi connectivity index (χ3n) is 5.07. The number of methoxy groups -OCH3 is 1. The lowest BCUT2D eigenvalue weighted by molar-refractivity contribution is -0.274. The summed E-state index contributed by atoms with van der Waals surface area (Å²) in [5.41, 5.74) is 0.703. The maximum atomic E-state index is 12.9. The maximum absolute atomic E-state index is 12.9. The van der Waals surface area contributed by atoms with Crippen molar-refractivity contribution in [1.29, 1.82) is 0 Å². The summed E-state index contributed by atoms with van der Waals surface area (Å²) in [6.07, 6.45) is 0.994. The Morgan fingerprint density at radius 3 is 2.73 bits per heavy atom. The van der Waals surface area contributed by atoms with Gasteiger partial charge in [-0.1, -0.05) is 12.8 Å². The third kappa shape index (κ3) is 4.11. The highest BCUT2D eigenvalue weighted by molar-refractivity contribution is 5.81. The van der Waals surface area contributed by atoms with Crippen molar-refractivity contribution < 1.29 is 27.8 Å². The van der Waals surface area contributed by atoms with Crippen molar-refractivity contribution in [2.45, 2.75) is 44.2 Å². The number of aliphatic hydroxyl groups is 1. The second-order valence-corrected chi connectivity index (χ2v) is 7.03. The van der Waals surface area contributed by atoms with E-state index < -0.39 is 18.2 Å². The molecule has 0 spiro atoms. The first-order chi connectivity index (χ1) is 14.4. The van der Waals surface area contributed by atoms with Crippen LogP contribution < -0.4 is 14.8 Å². The fourth-order valence-electron chi connectivity index (χ4n) is 3.61. The fourth-order valence-corrected chi connectivity index (χ4v) is 3.61. The normalized spacial score (nSPS) is 19.6. The van der Waals surface area contributed by atoms with E-state index >= 15 is 0 Å². The van der Waals surface area contributed by atoms with Gasteiger partial charge in [0, 0.05) is 11.6 Å². The number of nitrogens with one attached hydrogen (secondary N) is 1. The molecule has 1 saturated carbocycles. The highest BCUT2D eigenvalue weighted by atomic mass is 19.4. The van der Waals surface area contributed by atoms with Crippen molar-refractivity contribution in [3.63, 3.8) is 0 Å². The number of aliphatic hydroxyl groups excluding tert-OH is 1. The van der Waals surface area contributed by atoms with Crippen molar-refractivity contribution in [2.24, 2.45) is 0 Å². The van der Waals surface area contributed by atoms with Crippen LogP contribution in [0.4, 0.5) is 19.1 Å². The van der Waals surface area contributed by atoms with Gasteiger partial charge in [-0.25, -0.2) is 4.98 Å². The molecule has 1 fully saturated rings. The molecule has 8 nitrogen and oxygen atoms in total. The number of fused-ring (bicyclic) bond motifs is 1. The second-order valence-electron chi connectivity index (χ2n) is 7.03. The van der Waals surface area contributed by atoms with Crippen molar-refractivity contribution in [3.8, 4) is 22.8 Å². The zero-order valence-corrected chi connectivity index (χ0v) is 16.1. The number of anilines is 1. The molecule has 2 atom stereocenters. The third-order valence-corrected chi connectivity index (χ3v) is 5.07. The minimum Gasteiger partial charge on any atom is -0.497 e. The van der Waals surface area contributed by atoms with E-state index in [1.54, 1.807) is 4.40 Å². The van der Waals surface area contributed by atoms with Crippen LogP contribution >= 0.6 is 0 Å². The number of ether oxygens (including phenoxy) is 2. The highest BCUT2D eigenvalue weighted by Crippen LogP contribution is 2.37. The van der Waals surface area contributed by atoms with E-state index in [4.69, 9.17) is 4.74 Å². The largest absolute Gasteiger partial charge is 0.573 e. The number of benzene rings is 1. The van der Waals surface area contributed by atoms with Crippen LogP contribution in [-0.2, 0) is 0 Å². The average Bonchev–Trinajstić information content (AvgIpc) is 3.19. The van der Waals surface area contributed by atoms with Crippen LogP contribution in [0.15, 0.2) is 30.7 Å². The van der Waals surface area contributed by atoms with E-state index in [1.807, 2.05) is 0 Å². The first-order valence-corrected chi connectivity index (χ1v) is 9.43. The van der Waals surface area contributed by atoms with Gasteiger partial charge in [0.25, 0.3) is 0 Å². The van der Waals surface area contributed by atoms with Gasteiger partial charge < -0.3 is 19.9 Å². The summed E-state index contributed by atoms with van der Waals surface area (Å²) in [5.74, 6) is 0.103. The Bertz CT molecular complexity index is 1040. The Labute approximate surface area is 169 Å². The van der Waals surface area contributed by atoms with E-state index in [2.05, 4.69) is 25.2 Å². The molecule has 0 unspecified atom stereocenters. The molecule has 1 aliphatic rings. The number of hydrogen-bond donors (Lipinski definition) is 2. The maximum Gasteiger partial charge on any atom is 0.573 e. The lowest BCUT2D eigenvalue weighted by Gasteiger charge is -2.28. The number of imidazole rings is 1. The molecular weight excluding hydrogens is 403 g/mol. The highest BCUT2D eigenvalue weighted by Gasteiger charge is 2.33. The molecule has 3 aromatic rings. The van der Waals surface area contributed by atoms with E-state index in [9.17, 15) is 18.3 Å². The summed E-state index contributed by atoms with van der Waals surface area (Å²) >= 11 is 0. The molecular formula is C19H20F3N5O3. The topological polar surface area (TPSA) is 93.8 Å². The zero-order valence-electron chi connectivity index (χ0n) is 16.1. The zero-order chi connectivity index (χ0) is 21.3. The molecule has 2 N–H and O–H groups in total. The summed E-state index contributed by atoms with van der Waals surface area (Å²) in [7, 11) is 1.35. The summed E-state index contributed by atoms with van der Waals surface area (Å²) in [6.45, 7) is 0. The number of alkyl halides is 3. The Kier molecular flexibility index (Phi) is 5.37. The molecule has 1 aliphatic carbocycles. The van der Waals surface area contributed by atoms with Gasteiger partial charge in [-0.3, -0.25) is 4.40 Å². The van der Waals surface area contributed by atoms with Crippen LogP contribution in [0.25, 0.3) is 16.8 Å². The average molecular weight is 423 g/mol. The van der Waals surface area contributed by atoms with Gasteiger partial charge in [-0.15, -0.1) is 23.4 Å². The number of aromatic nitrogens is 4. The van der Waals surface area contributed by atoms with Crippen molar-refractivity contribution in [3.05, 3.63) is 30.7 Å². The van der Waals surface area contributed by atoms with Crippen LogP contribution in [0.2, 0.25) is 0 Å². The molecule has 1 aromatic carbocycles. The predicted octanol–water partition coefficient (Wildman–Crippen LogP) is 3.41. The molecule has 0 bridgehead atoms. The molecule has 30 heavy (non-hydrogen) atoms. The Morgan fingerprint density at radius 2 is 2.00 bits per heavy atom. The lowest BCUT2D eigenvalue weighted by Crippen LogP contribution is -2.37. The number of rotatable bonds is 5. The SMILES string of the molecule is COc1ccc(-c2nnc(N[C@@H]3CCCC[C@H]3O)n3cncc23)c(OC(F)(F)F)c1. The molecule has 0 aliphatic heterocycles. The van der Waals surface area contributed by atoms with Gasteiger partial charge in [0.2, 0.25) is 5.95 Å². The number of halogens is 3. The van der Waals surface area contributed by atoms with Gasteiger partial charge in [0.1, 0.15) is 23.5 Å².